The van der Waals surface area contributed by atoms with E-state index in [-0.39, 0.29) is 18.9 Å². The Bertz CT molecular complexity index is 1320. The molecule has 0 saturated heterocycles. The van der Waals surface area contributed by atoms with Crippen LogP contribution in [-0.2, 0) is 40.9 Å². The van der Waals surface area contributed by atoms with Gasteiger partial charge in [-0.25, -0.2) is 19.2 Å². The number of amides is 2. The highest BCUT2D eigenvalue weighted by molar-refractivity contribution is 6.34. The van der Waals surface area contributed by atoms with Crippen molar-refractivity contribution in [3.63, 3.8) is 0 Å². The molecular formula is C23H25F4N7O4. The van der Waals surface area contributed by atoms with Crippen molar-refractivity contribution < 1.29 is 37.1 Å². The molecule has 2 amide bonds. The van der Waals surface area contributed by atoms with E-state index in [2.05, 4.69) is 15.3 Å². The number of halogens is 4. The zero-order chi connectivity index (χ0) is 28.2. The maximum absolute atomic E-state index is 13.2. The number of imidazole rings is 2. The number of hydrogen-bond acceptors (Lipinski definition) is 6. The maximum atomic E-state index is 13.2. The molecule has 3 heterocycles. The quantitative estimate of drug-likeness (QED) is 0.382. The van der Waals surface area contributed by atoms with E-state index in [1.54, 1.807) is 24.7 Å². The van der Waals surface area contributed by atoms with Crippen LogP contribution in [0.2, 0.25) is 0 Å². The summed E-state index contributed by atoms with van der Waals surface area (Å²) < 4.78 is 48.7. The second-order valence-electron chi connectivity index (χ2n) is 8.45. The standard InChI is InChI=1S/C21H24FN7O2.C2HF3O2/c1-26(2)21-24-11-16(27(21)3)10-23-19(30)20(31)28-9-8-18-17(12-28)25-13-29(18)15-6-4-14(22)5-7-15;3-2(4,5)1(6)7/h4-7,11,13H,8-10,12H2,1-3H3,(H,23,30);(H,6,7). The molecule has 0 radical (unpaired) electrons. The third-order valence-corrected chi connectivity index (χ3v) is 5.63. The van der Waals surface area contributed by atoms with Crippen molar-refractivity contribution in [2.24, 2.45) is 7.05 Å². The van der Waals surface area contributed by atoms with Crippen LogP contribution >= 0.6 is 0 Å². The lowest BCUT2D eigenvalue weighted by Gasteiger charge is -2.26. The highest BCUT2D eigenvalue weighted by Gasteiger charge is 2.38. The second-order valence-corrected chi connectivity index (χ2v) is 8.45. The van der Waals surface area contributed by atoms with Gasteiger partial charge >= 0.3 is 24.0 Å². The van der Waals surface area contributed by atoms with Crippen LogP contribution < -0.4 is 10.2 Å². The summed E-state index contributed by atoms with van der Waals surface area (Å²) in [6.45, 7) is 0.870. The summed E-state index contributed by atoms with van der Waals surface area (Å²) in [5, 5.41) is 9.80. The largest absolute Gasteiger partial charge is 0.490 e. The van der Waals surface area contributed by atoms with E-state index in [0.29, 0.717) is 13.0 Å². The van der Waals surface area contributed by atoms with Crippen LogP contribution in [0, 0.1) is 5.82 Å². The molecule has 1 aliphatic rings. The predicted octanol–water partition coefficient (Wildman–Crippen LogP) is 1.65. The van der Waals surface area contributed by atoms with Gasteiger partial charge in [0.2, 0.25) is 5.95 Å². The van der Waals surface area contributed by atoms with Gasteiger partial charge in [-0.1, -0.05) is 0 Å². The SMILES string of the molecule is CN(C)c1ncc(CNC(=O)C(=O)N2CCc3c(ncn3-c3ccc(F)cc3)C2)n1C.O=C(O)C(F)(F)F. The normalized spacial score (nSPS) is 12.8. The molecule has 3 aromatic rings. The van der Waals surface area contributed by atoms with Gasteiger partial charge in [0.25, 0.3) is 0 Å². The Kier molecular flexibility index (Phi) is 8.38. The highest BCUT2D eigenvalue weighted by atomic mass is 19.4. The minimum atomic E-state index is -5.08. The van der Waals surface area contributed by atoms with Crippen LogP contribution in [-0.4, -0.2) is 73.7 Å². The van der Waals surface area contributed by atoms with Gasteiger partial charge in [-0.3, -0.25) is 9.59 Å². The number of aliphatic carboxylic acids is 1. The molecule has 0 fully saturated rings. The Morgan fingerprint density at radius 2 is 1.76 bits per heavy atom. The number of alkyl halides is 3. The molecule has 0 spiro atoms. The third-order valence-electron chi connectivity index (χ3n) is 5.63. The zero-order valence-corrected chi connectivity index (χ0v) is 20.7. The van der Waals surface area contributed by atoms with Crippen molar-refractivity contribution in [3.05, 3.63) is 59.7 Å². The molecule has 0 saturated carbocycles. The summed E-state index contributed by atoms with van der Waals surface area (Å²) >= 11 is 0. The molecule has 0 unspecified atom stereocenters. The van der Waals surface area contributed by atoms with Crippen LogP contribution in [0.25, 0.3) is 5.69 Å². The number of fused-ring (bicyclic) bond motifs is 1. The number of carboxylic acid groups (broad SMARTS) is 1. The number of hydrogen-bond donors (Lipinski definition) is 2. The minimum absolute atomic E-state index is 0.209. The Morgan fingerprint density at radius 3 is 2.32 bits per heavy atom. The molecule has 15 heteroatoms. The monoisotopic (exact) mass is 539 g/mol. The molecular weight excluding hydrogens is 514 g/mol. The maximum Gasteiger partial charge on any atom is 0.490 e. The van der Waals surface area contributed by atoms with Gasteiger partial charge in [0.15, 0.2) is 0 Å². The summed E-state index contributed by atoms with van der Waals surface area (Å²) in [6.07, 6.45) is -1.19. The van der Waals surface area contributed by atoms with E-state index in [9.17, 15) is 27.2 Å². The van der Waals surface area contributed by atoms with Crippen molar-refractivity contribution in [2.45, 2.75) is 25.7 Å². The molecule has 1 aromatic carbocycles. The Hall–Kier alpha value is -4.43. The van der Waals surface area contributed by atoms with Crippen LogP contribution in [0.5, 0.6) is 0 Å². The lowest BCUT2D eigenvalue weighted by molar-refractivity contribution is -0.192. The first-order chi connectivity index (χ1) is 17.8. The number of nitrogens with zero attached hydrogens (tertiary/aromatic N) is 6. The number of carboxylic acids is 1. The molecule has 38 heavy (non-hydrogen) atoms. The van der Waals surface area contributed by atoms with Gasteiger partial charge in [-0.15, -0.1) is 0 Å². The van der Waals surface area contributed by atoms with Crippen molar-refractivity contribution in [3.8, 4) is 5.69 Å². The third kappa shape index (κ3) is 6.46. The number of nitrogens with one attached hydrogen (secondary N) is 1. The number of rotatable bonds is 4. The number of benzene rings is 1. The number of carbonyl (C=O) groups is 3. The summed E-state index contributed by atoms with van der Waals surface area (Å²) in [5.41, 5.74) is 3.30. The van der Waals surface area contributed by atoms with Gasteiger partial charge in [0.05, 0.1) is 37.0 Å². The summed E-state index contributed by atoms with van der Waals surface area (Å²) in [7, 11) is 5.63. The molecule has 2 aromatic heterocycles. The molecule has 0 aliphatic carbocycles. The van der Waals surface area contributed by atoms with Crippen molar-refractivity contribution >= 4 is 23.7 Å². The Labute approximate surface area is 214 Å². The fraction of sp³-hybridized carbons (Fsp3) is 0.348. The predicted molar refractivity (Wildman–Crippen MR) is 126 cm³/mol. The topological polar surface area (TPSA) is 126 Å². The van der Waals surface area contributed by atoms with Crippen molar-refractivity contribution in [1.82, 2.24) is 29.3 Å². The Balaban J connectivity index is 0.000000505. The second kappa shape index (κ2) is 11.3. The van der Waals surface area contributed by atoms with Gasteiger partial charge in [0, 0.05) is 45.5 Å². The fourth-order valence-electron chi connectivity index (χ4n) is 3.71. The van der Waals surface area contributed by atoms with Crippen LogP contribution in [0.1, 0.15) is 17.1 Å². The Morgan fingerprint density at radius 1 is 1.13 bits per heavy atom. The average Bonchev–Trinajstić information content (AvgIpc) is 3.45. The smallest absolute Gasteiger partial charge is 0.475 e. The van der Waals surface area contributed by atoms with E-state index in [1.807, 2.05) is 35.2 Å². The average molecular weight is 539 g/mol. The number of anilines is 1. The molecule has 0 atom stereocenters. The molecule has 2 N–H and O–H groups in total. The lowest BCUT2D eigenvalue weighted by atomic mass is 10.1. The molecule has 11 nitrogen and oxygen atoms in total. The molecule has 1 aliphatic heterocycles. The van der Waals surface area contributed by atoms with E-state index in [1.165, 1.54) is 17.0 Å². The van der Waals surface area contributed by atoms with Gasteiger partial charge < -0.3 is 29.4 Å². The van der Waals surface area contributed by atoms with Crippen LogP contribution in [0.3, 0.4) is 0 Å². The van der Waals surface area contributed by atoms with E-state index < -0.39 is 24.0 Å². The van der Waals surface area contributed by atoms with Crippen LogP contribution in [0.15, 0.2) is 36.8 Å². The van der Waals surface area contributed by atoms with Gasteiger partial charge in [-0.05, 0) is 24.3 Å². The summed E-state index contributed by atoms with van der Waals surface area (Å²) in [6, 6.07) is 6.16. The fourth-order valence-corrected chi connectivity index (χ4v) is 3.71. The van der Waals surface area contributed by atoms with E-state index in [0.717, 1.165) is 28.7 Å². The summed E-state index contributed by atoms with van der Waals surface area (Å²) in [5.74, 6) is -3.54. The first-order valence-electron chi connectivity index (χ1n) is 11.2. The van der Waals surface area contributed by atoms with Crippen molar-refractivity contribution in [2.75, 3.05) is 25.5 Å². The van der Waals surface area contributed by atoms with Gasteiger partial charge in [0.1, 0.15) is 5.82 Å². The zero-order valence-electron chi connectivity index (χ0n) is 20.7. The van der Waals surface area contributed by atoms with Crippen molar-refractivity contribution in [1.29, 1.82) is 0 Å². The van der Waals surface area contributed by atoms with Crippen LogP contribution in [0.4, 0.5) is 23.5 Å². The minimum Gasteiger partial charge on any atom is -0.475 e. The first kappa shape index (κ1) is 28.1. The first-order valence-corrected chi connectivity index (χ1v) is 11.2. The van der Waals surface area contributed by atoms with Gasteiger partial charge in [-0.2, -0.15) is 13.2 Å². The number of aromatic nitrogens is 4. The van der Waals surface area contributed by atoms with E-state index in [4.69, 9.17) is 9.90 Å². The molecule has 204 valence electrons. The lowest BCUT2D eigenvalue weighted by Crippen LogP contribution is -2.45. The molecule has 4 rings (SSSR count). The molecule has 0 bridgehead atoms. The number of carbonyl (C=O) groups excluding carboxylic acids is 2. The summed E-state index contributed by atoms with van der Waals surface area (Å²) in [4.78, 5) is 46.0. The van der Waals surface area contributed by atoms with E-state index >= 15 is 0 Å². The highest BCUT2D eigenvalue weighted by Crippen LogP contribution is 2.22.